The zero-order valence-corrected chi connectivity index (χ0v) is 9.54. The predicted octanol–water partition coefficient (Wildman–Crippen LogP) is 1.64. The van der Waals surface area contributed by atoms with Gasteiger partial charge in [0, 0.05) is 20.0 Å². The van der Waals surface area contributed by atoms with Crippen LogP contribution in [0, 0.1) is 6.92 Å². The number of likely N-dealkylation sites (N-methyl/N-ethyl adjacent to an activating group) is 1. The Morgan fingerprint density at radius 2 is 2.20 bits per heavy atom. The number of hydrogen-bond acceptors (Lipinski definition) is 2. The van der Waals surface area contributed by atoms with Gasteiger partial charge >= 0.3 is 0 Å². The first-order valence-corrected chi connectivity index (χ1v) is 5.29. The molecule has 0 saturated heterocycles. The van der Waals surface area contributed by atoms with E-state index in [1.54, 1.807) is 0 Å². The first-order chi connectivity index (χ1) is 7.22. The number of fused-ring (bicyclic) bond motifs is 1. The van der Waals surface area contributed by atoms with Crippen LogP contribution < -0.4 is 5.32 Å². The van der Waals surface area contributed by atoms with Gasteiger partial charge in [0.15, 0.2) is 0 Å². The molecule has 3 heteroatoms. The van der Waals surface area contributed by atoms with E-state index in [0.29, 0.717) is 0 Å². The SMILES string of the molecule is CNCCc1nc2ccc(C)cc2n1C. The van der Waals surface area contributed by atoms with Crippen LogP contribution in [0.1, 0.15) is 11.4 Å². The molecular formula is C12H17N3. The van der Waals surface area contributed by atoms with Crippen LogP contribution in [0.25, 0.3) is 11.0 Å². The summed E-state index contributed by atoms with van der Waals surface area (Å²) in [5.74, 6) is 1.14. The monoisotopic (exact) mass is 203 g/mol. The highest BCUT2D eigenvalue weighted by Crippen LogP contribution is 2.16. The van der Waals surface area contributed by atoms with Gasteiger partial charge in [0.05, 0.1) is 11.0 Å². The van der Waals surface area contributed by atoms with E-state index < -0.39 is 0 Å². The Hall–Kier alpha value is -1.35. The number of aryl methyl sites for hydroxylation is 2. The van der Waals surface area contributed by atoms with Crippen molar-refractivity contribution in [3.63, 3.8) is 0 Å². The van der Waals surface area contributed by atoms with Gasteiger partial charge in [0.1, 0.15) is 5.82 Å². The highest BCUT2D eigenvalue weighted by atomic mass is 15.1. The minimum Gasteiger partial charge on any atom is -0.331 e. The van der Waals surface area contributed by atoms with Crippen LogP contribution in [0.3, 0.4) is 0 Å². The van der Waals surface area contributed by atoms with Crippen molar-refractivity contribution in [2.24, 2.45) is 7.05 Å². The second-order valence-corrected chi connectivity index (χ2v) is 3.93. The molecule has 0 aliphatic heterocycles. The zero-order chi connectivity index (χ0) is 10.8. The van der Waals surface area contributed by atoms with Crippen LogP contribution in [0.2, 0.25) is 0 Å². The Morgan fingerprint density at radius 1 is 1.40 bits per heavy atom. The van der Waals surface area contributed by atoms with Gasteiger partial charge in [-0.05, 0) is 31.7 Å². The van der Waals surface area contributed by atoms with E-state index in [1.807, 2.05) is 7.05 Å². The average molecular weight is 203 g/mol. The smallest absolute Gasteiger partial charge is 0.110 e. The van der Waals surface area contributed by atoms with Crippen molar-refractivity contribution in [2.45, 2.75) is 13.3 Å². The molecule has 0 unspecified atom stereocenters. The summed E-state index contributed by atoms with van der Waals surface area (Å²) in [5, 5.41) is 3.15. The summed E-state index contributed by atoms with van der Waals surface area (Å²) in [6, 6.07) is 6.38. The van der Waals surface area contributed by atoms with Crippen molar-refractivity contribution in [2.75, 3.05) is 13.6 Å². The summed E-state index contributed by atoms with van der Waals surface area (Å²) >= 11 is 0. The van der Waals surface area contributed by atoms with Crippen molar-refractivity contribution in [3.05, 3.63) is 29.6 Å². The van der Waals surface area contributed by atoms with Crippen LogP contribution in [0.15, 0.2) is 18.2 Å². The lowest BCUT2D eigenvalue weighted by Crippen LogP contribution is -2.12. The maximum atomic E-state index is 4.61. The van der Waals surface area contributed by atoms with E-state index >= 15 is 0 Å². The molecule has 15 heavy (non-hydrogen) atoms. The van der Waals surface area contributed by atoms with Gasteiger partial charge in [0.25, 0.3) is 0 Å². The van der Waals surface area contributed by atoms with E-state index in [1.165, 1.54) is 11.1 Å². The molecule has 2 rings (SSSR count). The third-order valence-corrected chi connectivity index (χ3v) is 2.73. The molecule has 1 aromatic heterocycles. The predicted molar refractivity (Wildman–Crippen MR) is 63.1 cm³/mol. The fourth-order valence-electron chi connectivity index (χ4n) is 1.81. The Bertz CT molecular complexity index is 471. The number of benzene rings is 1. The fraction of sp³-hybridized carbons (Fsp3) is 0.417. The second-order valence-electron chi connectivity index (χ2n) is 3.93. The number of nitrogens with one attached hydrogen (secondary N) is 1. The summed E-state index contributed by atoms with van der Waals surface area (Å²) in [5.41, 5.74) is 3.60. The minimum atomic E-state index is 0.968. The molecule has 3 nitrogen and oxygen atoms in total. The normalized spacial score (nSPS) is 11.1. The minimum absolute atomic E-state index is 0.968. The lowest BCUT2D eigenvalue weighted by Gasteiger charge is -2.01. The molecule has 1 N–H and O–H groups in total. The molecule has 0 fully saturated rings. The highest BCUT2D eigenvalue weighted by Gasteiger charge is 2.06. The summed E-state index contributed by atoms with van der Waals surface area (Å²) in [4.78, 5) is 4.61. The molecule has 80 valence electrons. The maximum Gasteiger partial charge on any atom is 0.110 e. The lowest BCUT2D eigenvalue weighted by molar-refractivity contribution is 0.726. The molecule has 0 spiro atoms. The van der Waals surface area contributed by atoms with Gasteiger partial charge in [-0.25, -0.2) is 4.98 Å². The van der Waals surface area contributed by atoms with Gasteiger partial charge < -0.3 is 9.88 Å². The maximum absolute atomic E-state index is 4.61. The number of aromatic nitrogens is 2. The summed E-state index contributed by atoms with van der Waals surface area (Å²) in [6.45, 7) is 3.08. The van der Waals surface area contributed by atoms with Crippen molar-refractivity contribution in [3.8, 4) is 0 Å². The molecular weight excluding hydrogens is 186 g/mol. The van der Waals surface area contributed by atoms with Gasteiger partial charge in [0.2, 0.25) is 0 Å². The summed E-state index contributed by atoms with van der Waals surface area (Å²) in [6.07, 6.45) is 0.973. The first-order valence-electron chi connectivity index (χ1n) is 5.29. The molecule has 1 aromatic carbocycles. The number of nitrogens with zero attached hydrogens (tertiary/aromatic N) is 2. The molecule has 0 atom stereocenters. The van der Waals surface area contributed by atoms with E-state index in [0.717, 1.165) is 24.3 Å². The summed E-state index contributed by atoms with van der Waals surface area (Å²) < 4.78 is 2.18. The first kappa shape index (κ1) is 10.2. The van der Waals surface area contributed by atoms with Crippen LogP contribution in [0.5, 0.6) is 0 Å². The van der Waals surface area contributed by atoms with E-state index in [4.69, 9.17) is 0 Å². The van der Waals surface area contributed by atoms with Crippen molar-refractivity contribution in [1.82, 2.24) is 14.9 Å². The molecule has 1 heterocycles. The fourth-order valence-corrected chi connectivity index (χ4v) is 1.81. The number of hydrogen-bond donors (Lipinski definition) is 1. The second kappa shape index (κ2) is 4.03. The van der Waals surface area contributed by atoms with Gasteiger partial charge in [-0.2, -0.15) is 0 Å². The van der Waals surface area contributed by atoms with Crippen LogP contribution in [-0.4, -0.2) is 23.1 Å². The van der Waals surface area contributed by atoms with E-state index in [9.17, 15) is 0 Å². The van der Waals surface area contributed by atoms with Crippen molar-refractivity contribution in [1.29, 1.82) is 0 Å². The van der Waals surface area contributed by atoms with Gasteiger partial charge in [-0.3, -0.25) is 0 Å². The molecule has 0 saturated carbocycles. The molecule has 0 radical (unpaired) electrons. The molecule has 0 aliphatic rings. The molecule has 0 bridgehead atoms. The topological polar surface area (TPSA) is 29.9 Å². The molecule has 0 amide bonds. The summed E-state index contributed by atoms with van der Waals surface area (Å²) in [7, 11) is 4.05. The standard InChI is InChI=1S/C12H17N3/c1-9-4-5-10-11(8-9)15(3)12(14-10)6-7-13-2/h4-5,8,13H,6-7H2,1-3H3. The third-order valence-electron chi connectivity index (χ3n) is 2.73. The van der Waals surface area contributed by atoms with Crippen LogP contribution in [0.4, 0.5) is 0 Å². The van der Waals surface area contributed by atoms with Gasteiger partial charge in [-0.1, -0.05) is 6.07 Å². The van der Waals surface area contributed by atoms with Crippen LogP contribution >= 0.6 is 0 Å². The molecule has 0 aliphatic carbocycles. The molecule has 2 aromatic rings. The van der Waals surface area contributed by atoms with E-state index in [-0.39, 0.29) is 0 Å². The van der Waals surface area contributed by atoms with Crippen molar-refractivity contribution >= 4 is 11.0 Å². The Morgan fingerprint density at radius 3 is 2.93 bits per heavy atom. The van der Waals surface area contributed by atoms with Crippen molar-refractivity contribution < 1.29 is 0 Å². The highest BCUT2D eigenvalue weighted by molar-refractivity contribution is 5.76. The Balaban J connectivity index is 2.45. The number of imidazole rings is 1. The Labute approximate surface area is 90.1 Å². The number of rotatable bonds is 3. The lowest BCUT2D eigenvalue weighted by atomic mass is 10.2. The Kier molecular flexibility index (Phi) is 2.73. The largest absolute Gasteiger partial charge is 0.331 e. The quantitative estimate of drug-likeness (QED) is 0.822. The average Bonchev–Trinajstić information content (AvgIpc) is 2.53. The zero-order valence-electron chi connectivity index (χ0n) is 9.54. The van der Waals surface area contributed by atoms with E-state index in [2.05, 4.69) is 47.0 Å². The van der Waals surface area contributed by atoms with Gasteiger partial charge in [-0.15, -0.1) is 0 Å². The third kappa shape index (κ3) is 1.88. The van der Waals surface area contributed by atoms with Crippen LogP contribution in [-0.2, 0) is 13.5 Å².